The fourth-order valence-corrected chi connectivity index (χ4v) is 0.830. The van der Waals surface area contributed by atoms with Crippen LogP contribution in [0.2, 0.25) is 0 Å². The first kappa shape index (κ1) is 14.8. The molecule has 76 valence electrons. The van der Waals surface area contributed by atoms with Gasteiger partial charge in [-0.3, -0.25) is 9.13 Å². The van der Waals surface area contributed by atoms with Crippen LogP contribution in [0, 0.1) is 0 Å². The van der Waals surface area contributed by atoms with Crippen molar-refractivity contribution in [3.05, 3.63) is 0 Å². The molecule has 0 radical (unpaired) electrons. The standard InChI is InChI=1S/C3H9O4P.H3O3P/c4-2-1-3-8(5,6)7;1-4(2)3/h4H,1-3H2,(H2,5,6,7);4H,(H2,1,2,3). The molecular formula is C3H12O7P2. The molecule has 0 aromatic rings. The van der Waals surface area contributed by atoms with Gasteiger partial charge < -0.3 is 24.7 Å². The summed E-state index contributed by atoms with van der Waals surface area (Å²) in [5.41, 5.74) is 0. The van der Waals surface area contributed by atoms with Gasteiger partial charge in [-0.1, -0.05) is 0 Å². The van der Waals surface area contributed by atoms with Crippen LogP contribution in [0.3, 0.4) is 0 Å². The first-order valence-electron chi connectivity index (χ1n) is 2.87. The highest BCUT2D eigenvalue weighted by molar-refractivity contribution is 7.51. The molecule has 0 atom stereocenters. The van der Waals surface area contributed by atoms with Crippen LogP contribution >= 0.6 is 15.9 Å². The maximum Gasteiger partial charge on any atom is 0.325 e. The molecule has 0 aliphatic rings. The first-order chi connectivity index (χ1) is 5.29. The molecule has 12 heavy (non-hydrogen) atoms. The van der Waals surface area contributed by atoms with Crippen molar-refractivity contribution in [1.82, 2.24) is 0 Å². The van der Waals surface area contributed by atoms with Crippen LogP contribution in [0.15, 0.2) is 0 Å². The fraction of sp³-hybridized carbons (Fsp3) is 1.00. The summed E-state index contributed by atoms with van der Waals surface area (Å²) in [6, 6.07) is 0. The highest BCUT2D eigenvalue weighted by Gasteiger charge is 2.10. The Morgan fingerprint density at radius 2 is 1.58 bits per heavy atom. The second-order valence-corrected chi connectivity index (χ2v) is 4.09. The van der Waals surface area contributed by atoms with Crippen molar-refractivity contribution in [2.75, 3.05) is 12.8 Å². The summed E-state index contributed by atoms with van der Waals surface area (Å²) in [6.07, 6.45) is -0.0478. The molecule has 0 unspecified atom stereocenters. The predicted molar refractivity (Wildman–Crippen MR) is 42.1 cm³/mol. The molecule has 0 aromatic heterocycles. The van der Waals surface area contributed by atoms with Gasteiger partial charge in [-0.25, -0.2) is 0 Å². The molecule has 0 fully saturated rings. The quantitative estimate of drug-likeness (QED) is 0.382. The second-order valence-electron chi connectivity index (χ2n) is 1.75. The third-order valence-corrected chi connectivity index (χ3v) is 1.51. The van der Waals surface area contributed by atoms with E-state index in [0.29, 0.717) is 0 Å². The zero-order chi connectivity index (χ0) is 10.2. The van der Waals surface area contributed by atoms with E-state index in [1.807, 2.05) is 0 Å². The third kappa shape index (κ3) is 31.8. The van der Waals surface area contributed by atoms with Crippen LogP contribution < -0.4 is 0 Å². The molecule has 7 nitrogen and oxygen atoms in total. The average Bonchev–Trinajstić information content (AvgIpc) is 1.80. The fourth-order valence-electron chi connectivity index (χ4n) is 0.277. The number of rotatable bonds is 3. The Hall–Kier alpha value is 0.260. The highest BCUT2D eigenvalue weighted by atomic mass is 31.2. The maximum absolute atomic E-state index is 9.97. The summed E-state index contributed by atoms with van der Waals surface area (Å²) >= 11 is 0. The summed E-state index contributed by atoms with van der Waals surface area (Å²) in [4.78, 5) is 30.6. The minimum absolute atomic E-state index is 0.162. The summed E-state index contributed by atoms with van der Waals surface area (Å²) < 4.78 is 18.7. The van der Waals surface area contributed by atoms with Crippen molar-refractivity contribution in [2.24, 2.45) is 0 Å². The van der Waals surface area contributed by atoms with Gasteiger partial charge in [-0.2, -0.15) is 0 Å². The van der Waals surface area contributed by atoms with E-state index in [2.05, 4.69) is 0 Å². The lowest BCUT2D eigenvalue weighted by atomic mass is 10.5. The lowest BCUT2D eigenvalue weighted by Crippen LogP contribution is -1.90. The third-order valence-electron chi connectivity index (χ3n) is 0.608. The summed E-state index contributed by atoms with van der Waals surface area (Å²) in [7, 11) is -6.97. The minimum Gasteiger partial charge on any atom is -0.396 e. The molecule has 0 saturated carbocycles. The van der Waals surface area contributed by atoms with Gasteiger partial charge in [0.25, 0.3) is 0 Å². The van der Waals surface area contributed by atoms with Crippen molar-refractivity contribution in [1.29, 1.82) is 0 Å². The number of aliphatic hydroxyl groups is 1. The number of aliphatic hydroxyl groups excluding tert-OH is 1. The van der Waals surface area contributed by atoms with Crippen molar-refractivity contribution >= 4 is 15.9 Å². The Kier molecular flexibility index (Phi) is 9.70. The number of hydrogen-bond acceptors (Lipinski definition) is 3. The smallest absolute Gasteiger partial charge is 0.325 e. The Bertz CT molecular complexity index is 158. The van der Waals surface area contributed by atoms with E-state index in [1.165, 1.54) is 0 Å². The predicted octanol–water partition coefficient (Wildman–Crippen LogP) is -1.09. The van der Waals surface area contributed by atoms with Crippen LogP contribution in [0.1, 0.15) is 6.42 Å². The summed E-state index contributed by atoms with van der Waals surface area (Å²) in [5, 5.41) is 8.09. The largest absolute Gasteiger partial charge is 0.396 e. The van der Waals surface area contributed by atoms with Crippen LogP contribution in [0.4, 0.5) is 0 Å². The molecule has 0 spiro atoms. The normalized spacial score (nSPS) is 10.8. The Morgan fingerprint density at radius 3 is 1.67 bits per heavy atom. The topological polar surface area (TPSA) is 135 Å². The van der Waals surface area contributed by atoms with Gasteiger partial charge in [0.2, 0.25) is 0 Å². The SMILES string of the molecule is O=P(O)(O)CCCO.O=[PH](O)O. The molecule has 0 amide bonds. The molecular weight excluding hydrogens is 210 g/mol. The van der Waals surface area contributed by atoms with Crippen molar-refractivity contribution in [3.8, 4) is 0 Å². The Morgan fingerprint density at radius 1 is 1.25 bits per heavy atom. The first-order valence-corrected chi connectivity index (χ1v) is 5.97. The Labute approximate surface area is 69.8 Å². The van der Waals surface area contributed by atoms with Gasteiger partial charge >= 0.3 is 15.9 Å². The molecule has 0 heterocycles. The lowest BCUT2D eigenvalue weighted by molar-refractivity contribution is 0.289. The summed E-state index contributed by atoms with van der Waals surface area (Å²) in [6.45, 7) is -0.162. The van der Waals surface area contributed by atoms with Gasteiger partial charge in [-0.15, -0.1) is 0 Å². The van der Waals surface area contributed by atoms with Crippen molar-refractivity contribution in [3.63, 3.8) is 0 Å². The maximum atomic E-state index is 9.97. The van der Waals surface area contributed by atoms with E-state index in [4.69, 9.17) is 29.2 Å². The van der Waals surface area contributed by atoms with E-state index in [-0.39, 0.29) is 19.2 Å². The van der Waals surface area contributed by atoms with E-state index in [9.17, 15) is 4.57 Å². The second kappa shape index (κ2) is 7.89. The molecule has 0 bridgehead atoms. The monoisotopic (exact) mass is 222 g/mol. The van der Waals surface area contributed by atoms with Gasteiger partial charge in [0.1, 0.15) is 0 Å². The molecule has 9 heteroatoms. The molecule has 0 aliphatic heterocycles. The van der Waals surface area contributed by atoms with Gasteiger partial charge in [0.15, 0.2) is 0 Å². The summed E-state index contributed by atoms with van der Waals surface area (Å²) in [5.74, 6) is 0. The molecule has 5 N–H and O–H groups in total. The van der Waals surface area contributed by atoms with E-state index in [1.54, 1.807) is 0 Å². The molecule has 0 aromatic carbocycles. The lowest BCUT2D eigenvalue weighted by Gasteiger charge is -1.98. The van der Waals surface area contributed by atoms with Gasteiger partial charge in [0, 0.05) is 6.61 Å². The number of hydrogen-bond donors (Lipinski definition) is 5. The van der Waals surface area contributed by atoms with Gasteiger partial charge in [0.05, 0.1) is 6.16 Å². The van der Waals surface area contributed by atoms with E-state index < -0.39 is 15.9 Å². The zero-order valence-electron chi connectivity index (χ0n) is 6.12. The van der Waals surface area contributed by atoms with Crippen LogP contribution in [0.5, 0.6) is 0 Å². The van der Waals surface area contributed by atoms with Crippen molar-refractivity contribution < 1.29 is 33.8 Å². The molecule has 0 saturated heterocycles. The van der Waals surface area contributed by atoms with Crippen LogP contribution in [0.25, 0.3) is 0 Å². The van der Waals surface area contributed by atoms with Crippen LogP contribution in [-0.4, -0.2) is 37.4 Å². The van der Waals surface area contributed by atoms with Crippen molar-refractivity contribution in [2.45, 2.75) is 6.42 Å². The molecule has 0 aliphatic carbocycles. The molecule has 0 rings (SSSR count). The minimum atomic E-state index is -3.84. The van der Waals surface area contributed by atoms with E-state index in [0.717, 1.165) is 0 Å². The van der Waals surface area contributed by atoms with Crippen LogP contribution in [-0.2, 0) is 9.13 Å². The average molecular weight is 222 g/mol. The zero-order valence-corrected chi connectivity index (χ0v) is 8.02. The van der Waals surface area contributed by atoms with E-state index >= 15 is 0 Å². The highest BCUT2D eigenvalue weighted by Crippen LogP contribution is 2.34. The van der Waals surface area contributed by atoms with Gasteiger partial charge in [-0.05, 0) is 6.42 Å². The Balaban J connectivity index is 0.